The van der Waals surface area contributed by atoms with Crippen molar-refractivity contribution in [2.45, 2.75) is 44.7 Å². The average Bonchev–Trinajstić information content (AvgIpc) is 2.84. The van der Waals surface area contributed by atoms with Crippen molar-refractivity contribution in [2.24, 2.45) is 0 Å². The maximum atomic E-state index is 12.7. The highest BCUT2D eigenvalue weighted by Gasteiger charge is 2.20. The maximum Gasteiger partial charge on any atom is 0.248 e. The zero-order valence-corrected chi connectivity index (χ0v) is 18.9. The van der Waals surface area contributed by atoms with E-state index in [4.69, 9.17) is 14.2 Å². The second kappa shape index (κ2) is 10.6. The first kappa shape index (κ1) is 22.2. The van der Waals surface area contributed by atoms with Gasteiger partial charge < -0.3 is 19.5 Å². The van der Waals surface area contributed by atoms with E-state index in [1.54, 1.807) is 13.2 Å². The second-order valence-corrected chi connectivity index (χ2v) is 8.43. The van der Waals surface area contributed by atoms with Gasteiger partial charge in [0, 0.05) is 24.4 Å². The smallest absolute Gasteiger partial charge is 0.248 e. The number of amides is 1. The van der Waals surface area contributed by atoms with Gasteiger partial charge in [0.2, 0.25) is 11.7 Å². The van der Waals surface area contributed by atoms with E-state index in [1.165, 1.54) is 38.2 Å². The fourth-order valence-electron chi connectivity index (χ4n) is 4.44. The molecule has 170 valence electrons. The minimum absolute atomic E-state index is 0.174. The molecule has 1 amide bonds. The summed E-state index contributed by atoms with van der Waals surface area (Å²) in [7, 11) is 3.78. The number of hydrogen-bond donors (Lipinski definition) is 1. The summed E-state index contributed by atoms with van der Waals surface area (Å²) in [5.74, 6) is 1.66. The highest BCUT2D eigenvalue weighted by atomic mass is 16.6. The highest BCUT2D eigenvalue weighted by Crippen LogP contribution is 2.40. The van der Waals surface area contributed by atoms with Crippen LogP contribution in [-0.2, 0) is 11.3 Å². The average molecular weight is 437 g/mol. The predicted octanol–water partition coefficient (Wildman–Crippen LogP) is 4.88. The molecule has 32 heavy (non-hydrogen) atoms. The molecule has 2 aliphatic rings. The van der Waals surface area contributed by atoms with Gasteiger partial charge in [-0.1, -0.05) is 37.5 Å². The van der Waals surface area contributed by atoms with Gasteiger partial charge in [-0.2, -0.15) is 0 Å². The van der Waals surface area contributed by atoms with Crippen LogP contribution in [0.25, 0.3) is 6.08 Å². The van der Waals surface area contributed by atoms with Gasteiger partial charge >= 0.3 is 0 Å². The number of ether oxygens (including phenoxy) is 3. The van der Waals surface area contributed by atoms with Crippen molar-refractivity contribution >= 4 is 17.7 Å². The molecule has 0 bridgehead atoms. The van der Waals surface area contributed by atoms with Crippen molar-refractivity contribution in [2.75, 3.05) is 32.7 Å². The summed E-state index contributed by atoms with van der Waals surface area (Å²) in [6.45, 7) is 1.82. The molecule has 0 aromatic heterocycles. The van der Waals surface area contributed by atoms with Crippen molar-refractivity contribution in [1.82, 2.24) is 4.90 Å². The summed E-state index contributed by atoms with van der Waals surface area (Å²) < 4.78 is 16.7. The summed E-state index contributed by atoms with van der Waals surface area (Å²) in [6, 6.07) is 12.3. The van der Waals surface area contributed by atoms with Crippen LogP contribution in [0, 0.1) is 0 Å². The number of carbonyl (C=O) groups is 1. The molecule has 1 fully saturated rings. The van der Waals surface area contributed by atoms with Crippen molar-refractivity contribution in [3.63, 3.8) is 0 Å². The monoisotopic (exact) mass is 436 g/mol. The Morgan fingerprint density at radius 2 is 1.94 bits per heavy atom. The van der Waals surface area contributed by atoms with Crippen LogP contribution in [0.2, 0.25) is 0 Å². The van der Waals surface area contributed by atoms with Gasteiger partial charge in [0.05, 0.1) is 7.11 Å². The van der Waals surface area contributed by atoms with Crippen LogP contribution in [0.5, 0.6) is 17.2 Å². The lowest BCUT2D eigenvalue weighted by molar-refractivity contribution is -0.111. The summed E-state index contributed by atoms with van der Waals surface area (Å²) in [6.07, 6.45) is 9.77. The van der Waals surface area contributed by atoms with Gasteiger partial charge in [-0.15, -0.1) is 0 Å². The number of rotatable bonds is 7. The van der Waals surface area contributed by atoms with Crippen molar-refractivity contribution in [1.29, 1.82) is 0 Å². The normalized spacial score (nSPS) is 16.3. The van der Waals surface area contributed by atoms with Gasteiger partial charge in [-0.25, -0.2) is 0 Å². The number of nitrogens with zero attached hydrogens (tertiary/aromatic N) is 1. The fraction of sp³-hybridized carbons (Fsp3) is 0.423. The molecule has 0 unspecified atom stereocenters. The molecule has 2 aromatic carbocycles. The Morgan fingerprint density at radius 3 is 2.75 bits per heavy atom. The molecule has 1 heterocycles. The Labute approximate surface area is 190 Å². The van der Waals surface area contributed by atoms with E-state index in [0.717, 1.165) is 23.4 Å². The second-order valence-electron chi connectivity index (χ2n) is 8.43. The summed E-state index contributed by atoms with van der Waals surface area (Å²) in [4.78, 5) is 15.1. The molecule has 1 aliphatic heterocycles. The Morgan fingerprint density at radius 1 is 1.16 bits per heavy atom. The molecule has 0 atom stereocenters. The summed E-state index contributed by atoms with van der Waals surface area (Å²) in [5.41, 5.74) is 2.79. The largest absolute Gasteiger partial charge is 0.493 e. The first-order valence-electron chi connectivity index (χ1n) is 11.4. The van der Waals surface area contributed by atoms with E-state index in [0.29, 0.717) is 36.5 Å². The number of para-hydroxylation sites is 1. The number of methoxy groups -OCH3 is 1. The molecule has 1 aliphatic carbocycles. The molecule has 4 rings (SSSR count). The van der Waals surface area contributed by atoms with Gasteiger partial charge in [-0.3, -0.25) is 9.69 Å². The van der Waals surface area contributed by atoms with Gasteiger partial charge in [0.25, 0.3) is 0 Å². The third kappa shape index (κ3) is 5.43. The number of anilines is 1. The third-order valence-corrected chi connectivity index (χ3v) is 6.17. The van der Waals surface area contributed by atoms with E-state index in [9.17, 15) is 4.79 Å². The molecule has 6 nitrogen and oxygen atoms in total. The van der Waals surface area contributed by atoms with Crippen LogP contribution in [0.3, 0.4) is 0 Å². The molecular weight excluding hydrogens is 404 g/mol. The highest BCUT2D eigenvalue weighted by molar-refractivity contribution is 6.02. The zero-order valence-electron chi connectivity index (χ0n) is 18.9. The molecule has 6 heteroatoms. The molecule has 2 aromatic rings. The number of benzene rings is 2. The summed E-state index contributed by atoms with van der Waals surface area (Å²) >= 11 is 0. The van der Waals surface area contributed by atoms with E-state index in [2.05, 4.69) is 23.3 Å². The van der Waals surface area contributed by atoms with Crippen LogP contribution in [0.15, 0.2) is 42.5 Å². The van der Waals surface area contributed by atoms with Gasteiger partial charge in [0.15, 0.2) is 11.5 Å². The molecule has 1 N–H and O–H groups in total. The van der Waals surface area contributed by atoms with E-state index < -0.39 is 0 Å². The standard InChI is InChI=1S/C26H32N2O4/c1-28(21-9-4-3-5-10-21)18-20-8-6-7-11-22(20)27-25(29)13-12-19-16-23(30-2)26-24(17-19)31-14-15-32-26/h6-8,11-13,16-17,21H,3-5,9-10,14-15,18H2,1-2H3,(H,27,29)/b13-12+. The Hall–Kier alpha value is -2.99. The molecule has 1 saturated carbocycles. The minimum atomic E-state index is -0.174. The predicted molar refractivity (Wildman–Crippen MR) is 126 cm³/mol. The Balaban J connectivity index is 1.43. The first-order chi connectivity index (χ1) is 15.6. The van der Waals surface area contributed by atoms with Gasteiger partial charge in [0.1, 0.15) is 13.2 Å². The number of nitrogens with one attached hydrogen (secondary N) is 1. The van der Waals surface area contributed by atoms with Crippen molar-refractivity contribution in [3.8, 4) is 17.2 Å². The number of fused-ring (bicyclic) bond motifs is 1. The topological polar surface area (TPSA) is 60.0 Å². The minimum Gasteiger partial charge on any atom is -0.493 e. The molecule has 0 saturated heterocycles. The lowest BCUT2D eigenvalue weighted by Crippen LogP contribution is -2.33. The van der Waals surface area contributed by atoms with Crippen molar-refractivity contribution in [3.05, 3.63) is 53.6 Å². The van der Waals surface area contributed by atoms with Crippen molar-refractivity contribution < 1.29 is 19.0 Å². The van der Waals surface area contributed by atoms with Gasteiger partial charge in [-0.05, 0) is 55.3 Å². The van der Waals surface area contributed by atoms with Crippen LogP contribution < -0.4 is 19.5 Å². The Bertz CT molecular complexity index is 949. The first-order valence-corrected chi connectivity index (χ1v) is 11.4. The fourth-order valence-corrected chi connectivity index (χ4v) is 4.44. The number of carbonyl (C=O) groups excluding carboxylic acids is 1. The lowest BCUT2D eigenvalue weighted by Gasteiger charge is -2.31. The van der Waals surface area contributed by atoms with Crippen LogP contribution in [0.1, 0.15) is 43.2 Å². The Kier molecular flexibility index (Phi) is 7.32. The SMILES string of the molecule is COc1cc(/C=C/C(=O)Nc2ccccc2CN(C)C2CCCCC2)cc2c1OCCO2. The summed E-state index contributed by atoms with van der Waals surface area (Å²) in [5, 5.41) is 3.04. The lowest BCUT2D eigenvalue weighted by atomic mass is 9.94. The van der Waals surface area contributed by atoms with Crippen LogP contribution in [-0.4, -0.2) is 44.2 Å². The van der Waals surface area contributed by atoms with E-state index in [1.807, 2.05) is 30.3 Å². The molecular formula is C26H32N2O4. The van der Waals surface area contributed by atoms with E-state index in [-0.39, 0.29) is 5.91 Å². The maximum absolute atomic E-state index is 12.7. The molecule has 0 spiro atoms. The molecule has 0 radical (unpaired) electrons. The third-order valence-electron chi connectivity index (χ3n) is 6.17. The quantitative estimate of drug-likeness (QED) is 0.627. The van der Waals surface area contributed by atoms with E-state index >= 15 is 0 Å². The van der Waals surface area contributed by atoms with Crippen LogP contribution >= 0.6 is 0 Å². The zero-order chi connectivity index (χ0) is 22.3. The van der Waals surface area contributed by atoms with Crippen LogP contribution in [0.4, 0.5) is 5.69 Å². The number of hydrogen-bond acceptors (Lipinski definition) is 5.